The Morgan fingerprint density at radius 2 is 2.00 bits per heavy atom. The van der Waals surface area contributed by atoms with E-state index in [9.17, 15) is 0 Å². The summed E-state index contributed by atoms with van der Waals surface area (Å²) in [6.45, 7) is 4.42. The molecule has 0 fully saturated rings. The molecule has 0 saturated heterocycles. The topological polar surface area (TPSA) is 63.8 Å². The van der Waals surface area contributed by atoms with E-state index in [0.717, 1.165) is 28.9 Å². The monoisotopic (exact) mass is 264 g/mol. The molecule has 0 saturated carbocycles. The molecule has 0 aliphatic carbocycles. The van der Waals surface area contributed by atoms with Crippen molar-refractivity contribution in [3.8, 4) is 0 Å². The molecule has 4 nitrogen and oxygen atoms in total. The Bertz CT molecular complexity index is 503. The van der Waals surface area contributed by atoms with Gasteiger partial charge in [0.1, 0.15) is 5.82 Å². The highest BCUT2D eigenvalue weighted by Gasteiger charge is 2.12. The molecule has 5 heteroatoms. The second-order valence-electron chi connectivity index (χ2n) is 4.48. The Morgan fingerprint density at radius 1 is 1.28 bits per heavy atom. The summed E-state index contributed by atoms with van der Waals surface area (Å²) < 4.78 is 1.10. The molecule has 3 N–H and O–H groups in total. The van der Waals surface area contributed by atoms with E-state index in [2.05, 4.69) is 29.1 Å². The summed E-state index contributed by atoms with van der Waals surface area (Å²) in [5.74, 6) is 1.23. The first kappa shape index (κ1) is 13.1. The summed E-state index contributed by atoms with van der Waals surface area (Å²) in [5, 5.41) is 5.56. The molecule has 0 aliphatic rings. The highest BCUT2D eigenvalue weighted by atomic mass is 32.1. The van der Waals surface area contributed by atoms with Crippen molar-refractivity contribution in [2.75, 3.05) is 11.1 Å². The van der Waals surface area contributed by atoms with Crippen LogP contribution < -0.4 is 11.1 Å². The summed E-state index contributed by atoms with van der Waals surface area (Å²) in [6, 6.07) is 2.46. The van der Waals surface area contributed by atoms with Gasteiger partial charge in [-0.05, 0) is 24.3 Å². The standard InChI is InChI=1S/C13H20N4S/c1-3-5-9(6-4-2)15-12-11-10(7-8-18-11)16-13(14)17-12/h7-9H,3-6H2,1-2H3,(H3,14,15,16,17). The first-order valence-corrected chi connectivity index (χ1v) is 7.39. The minimum absolute atomic E-state index is 0.343. The van der Waals surface area contributed by atoms with Crippen molar-refractivity contribution in [1.29, 1.82) is 0 Å². The van der Waals surface area contributed by atoms with E-state index < -0.39 is 0 Å². The molecule has 98 valence electrons. The van der Waals surface area contributed by atoms with Crippen LogP contribution in [-0.2, 0) is 0 Å². The maximum absolute atomic E-state index is 5.75. The summed E-state index contributed by atoms with van der Waals surface area (Å²) in [6.07, 6.45) is 4.66. The van der Waals surface area contributed by atoms with Crippen LogP contribution >= 0.6 is 11.3 Å². The van der Waals surface area contributed by atoms with Crippen molar-refractivity contribution in [2.45, 2.75) is 45.6 Å². The van der Waals surface area contributed by atoms with Crippen LogP contribution in [0.2, 0.25) is 0 Å². The normalized spacial score (nSPS) is 11.3. The number of thiophene rings is 1. The fourth-order valence-electron chi connectivity index (χ4n) is 2.16. The molecule has 2 rings (SSSR count). The van der Waals surface area contributed by atoms with Gasteiger partial charge in [-0.1, -0.05) is 26.7 Å². The Balaban J connectivity index is 2.26. The van der Waals surface area contributed by atoms with E-state index in [1.54, 1.807) is 11.3 Å². The number of nitrogens with two attached hydrogens (primary N) is 1. The van der Waals surface area contributed by atoms with E-state index in [1.165, 1.54) is 12.8 Å². The summed E-state index contributed by atoms with van der Waals surface area (Å²) >= 11 is 1.66. The van der Waals surface area contributed by atoms with E-state index >= 15 is 0 Å². The molecule has 0 bridgehead atoms. The van der Waals surface area contributed by atoms with Crippen LogP contribution in [0.1, 0.15) is 39.5 Å². The zero-order valence-electron chi connectivity index (χ0n) is 10.9. The van der Waals surface area contributed by atoms with Gasteiger partial charge < -0.3 is 11.1 Å². The number of nitrogens with one attached hydrogen (secondary N) is 1. The van der Waals surface area contributed by atoms with Crippen molar-refractivity contribution >= 4 is 33.3 Å². The Labute approximate surface area is 112 Å². The number of rotatable bonds is 6. The fourth-order valence-corrected chi connectivity index (χ4v) is 2.94. The van der Waals surface area contributed by atoms with Crippen LogP contribution in [0.5, 0.6) is 0 Å². The van der Waals surface area contributed by atoms with Crippen molar-refractivity contribution in [3.63, 3.8) is 0 Å². The lowest BCUT2D eigenvalue weighted by atomic mass is 10.1. The molecule has 0 atom stereocenters. The SMILES string of the molecule is CCCC(CCC)Nc1nc(N)nc2ccsc12. The lowest BCUT2D eigenvalue weighted by molar-refractivity contribution is 0.585. The van der Waals surface area contributed by atoms with Gasteiger partial charge in [0.25, 0.3) is 0 Å². The highest BCUT2D eigenvalue weighted by molar-refractivity contribution is 7.17. The van der Waals surface area contributed by atoms with Crippen LogP contribution in [0, 0.1) is 0 Å². The average Bonchev–Trinajstić information content (AvgIpc) is 2.77. The molecule has 0 aromatic carbocycles. The Hall–Kier alpha value is -1.36. The van der Waals surface area contributed by atoms with Crippen molar-refractivity contribution in [2.24, 2.45) is 0 Å². The van der Waals surface area contributed by atoms with Gasteiger partial charge in [0.2, 0.25) is 5.95 Å². The molecule has 0 spiro atoms. The van der Waals surface area contributed by atoms with Gasteiger partial charge in [-0.15, -0.1) is 11.3 Å². The van der Waals surface area contributed by atoms with Gasteiger partial charge in [-0.2, -0.15) is 4.98 Å². The number of hydrogen-bond acceptors (Lipinski definition) is 5. The van der Waals surface area contributed by atoms with Crippen LogP contribution in [0.25, 0.3) is 10.2 Å². The van der Waals surface area contributed by atoms with Gasteiger partial charge >= 0.3 is 0 Å². The third-order valence-corrected chi connectivity index (χ3v) is 3.85. The predicted octanol–water partition coefficient (Wildman–Crippen LogP) is 3.65. The zero-order valence-corrected chi connectivity index (χ0v) is 11.8. The van der Waals surface area contributed by atoms with Crippen molar-refractivity contribution in [3.05, 3.63) is 11.4 Å². The second kappa shape index (κ2) is 6.00. The first-order valence-electron chi connectivity index (χ1n) is 6.51. The average molecular weight is 264 g/mol. The van der Waals surface area contributed by atoms with Crippen LogP contribution in [0.4, 0.5) is 11.8 Å². The zero-order chi connectivity index (χ0) is 13.0. The molecule has 0 radical (unpaired) electrons. The number of nitrogen functional groups attached to an aromatic ring is 1. The second-order valence-corrected chi connectivity index (χ2v) is 5.40. The Kier molecular flexibility index (Phi) is 4.36. The van der Waals surface area contributed by atoms with Gasteiger partial charge in [0.05, 0.1) is 10.2 Å². The van der Waals surface area contributed by atoms with E-state index in [1.807, 2.05) is 11.4 Å². The summed E-state index contributed by atoms with van der Waals surface area (Å²) in [4.78, 5) is 8.58. The van der Waals surface area contributed by atoms with E-state index in [0.29, 0.717) is 12.0 Å². The van der Waals surface area contributed by atoms with Gasteiger partial charge in [0.15, 0.2) is 0 Å². The summed E-state index contributed by atoms with van der Waals surface area (Å²) in [5.41, 5.74) is 6.68. The van der Waals surface area contributed by atoms with Crippen LogP contribution in [-0.4, -0.2) is 16.0 Å². The smallest absolute Gasteiger partial charge is 0.222 e. The van der Waals surface area contributed by atoms with E-state index in [-0.39, 0.29) is 0 Å². The molecule has 2 aromatic rings. The highest BCUT2D eigenvalue weighted by Crippen LogP contribution is 2.27. The fraction of sp³-hybridized carbons (Fsp3) is 0.538. The minimum Gasteiger partial charge on any atom is -0.368 e. The maximum atomic E-state index is 5.75. The minimum atomic E-state index is 0.343. The maximum Gasteiger partial charge on any atom is 0.222 e. The number of anilines is 2. The molecule has 18 heavy (non-hydrogen) atoms. The first-order chi connectivity index (χ1) is 8.74. The largest absolute Gasteiger partial charge is 0.368 e. The number of aromatic nitrogens is 2. The van der Waals surface area contributed by atoms with Gasteiger partial charge in [-0.3, -0.25) is 0 Å². The number of hydrogen-bond donors (Lipinski definition) is 2. The molecule has 2 heterocycles. The summed E-state index contributed by atoms with van der Waals surface area (Å²) in [7, 11) is 0. The third kappa shape index (κ3) is 2.90. The van der Waals surface area contributed by atoms with Gasteiger partial charge in [0, 0.05) is 6.04 Å². The van der Waals surface area contributed by atoms with E-state index in [4.69, 9.17) is 5.73 Å². The van der Waals surface area contributed by atoms with Crippen LogP contribution in [0.3, 0.4) is 0 Å². The lowest BCUT2D eigenvalue weighted by Crippen LogP contribution is -2.20. The molecule has 0 aliphatic heterocycles. The molecular formula is C13H20N4S. The molecular weight excluding hydrogens is 244 g/mol. The Morgan fingerprint density at radius 3 is 2.67 bits per heavy atom. The molecule has 0 unspecified atom stereocenters. The number of nitrogens with zero attached hydrogens (tertiary/aromatic N) is 2. The van der Waals surface area contributed by atoms with Gasteiger partial charge in [-0.25, -0.2) is 4.98 Å². The predicted molar refractivity (Wildman–Crippen MR) is 79.1 cm³/mol. The third-order valence-electron chi connectivity index (χ3n) is 2.94. The number of fused-ring (bicyclic) bond motifs is 1. The van der Waals surface area contributed by atoms with Crippen molar-refractivity contribution in [1.82, 2.24) is 9.97 Å². The quantitative estimate of drug-likeness (QED) is 0.836. The molecule has 2 aromatic heterocycles. The van der Waals surface area contributed by atoms with Crippen molar-refractivity contribution < 1.29 is 0 Å². The van der Waals surface area contributed by atoms with Crippen LogP contribution in [0.15, 0.2) is 11.4 Å². The molecule has 0 amide bonds. The lowest BCUT2D eigenvalue weighted by Gasteiger charge is -2.18.